The van der Waals surface area contributed by atoms with Crippen LogP contribution >= 0.6 is 0 Å². The number of nitrogens with one attached hydrogen (secondary N) is 1. The molecule has 1 atom stereocenters. The summed E-state index contributed by atoms with van der Waals surface area (Å²) in [6.07, 6.45) is 6.66. The Morgan fingerprint density at radius 3 is 2.64 bits per heavy atom. The van der Waals surface area contributed by atoms with Gasteiger partial charge in [0.15, 0.2) is 0 Å². The van der Waals surface area contributed by atoms with Crippen molar-refractivity contribution in [2.75, 3.05) is 0 Å². The van der Waals surface area contributed by atoms with E-state index in [1.807, 2.05) is 6.92 Å². The summed E-state index contributed by atoms with van der Waals surface area (Å²) in [7, 11) is 0. The highest BCUT2D eigenvalue weighted by molar-refractivity contribution is 5.83. The minimum absolute atomic E-state index is 0.185. The molecule has 0 aromatic carbocycles. The topological polar surface area (TPSA) is 66.4 Å². The van der Waals surface area contributed by atoms with Crippen molar-refractivity contribution in [2.45, 2.75) is 38.6 Å². The highest BCUT2D eigenvalue weighted by atomic mass is 16.4. The van der Waals surface area contributed by atoms with E-state index in [2.05, 4.69) is 11.2 Å². The molecule has 0 fully saturated rings. The van der Waals surface area contributed by atoms with Gasteiger partial charge in [0.25, 0.3) is 0 Å². The van der Waals surface area contributed by atoms with Gasteiger partial charge >= 0.3 is 5.97 Å². The Morgan fingerprint density at radius 1 is 1.57 bits per heavy atom. The Bertz CT molecular complexity index is 242. The second kappa shape index (κ2) is 6.96. The highest BCUT2D eigenvalue weighted by Crippen LogP contribution is 1.98. The van der Waals surface area contributed by atoms with E-state index in [-0.39, 0.29) is 12.3 Å². The van der Waals surface area contributed by atoms with Crippen LogP contribution in [0.15, 0.2) is 0 Å². The van der Waals surface area contributed by atoms with Crippen molar-refractivity contribution in [3.8, 4) is 12.3 Å². The first-order valence-corrected chi connectivity index (χ1v) is 4.57. The first kappa shape index (κ1) is 12.5. The molecule has 14 heavy (non-hydrogen) atoms. The van der Waals surface area contributed by atoms with Gasteiger partial charge in [-0.05, 0) is 6.42 Å². The summed E-state index contributed by atoms with van der Waals surface area (Å²) in [6, 6.07) is -0.787. The normalized spacial score (nSPS) is 11.4. The summed E-state index contributed by atoms with van der Waals surface area (Å²) >= 11 is 0. The molecular weight excluding hydrogens is 182 g/mol. The molecule has 1 amide bonds. The van der Waals surface area contributed by atoms with E-state index in [9.17, 15) is 9.59 Å². The molecule has 4 heteroatoms. The van der Waals surface area contributed by atoms with Crippen molar-refractivity contribution in [3.63, 3.8) is 0 Å². The second-order valence-corrected chi connectivity index (χ2v) is 2.95. The van der Waals surface area contributed by atoms with Gasteiger partial charge in [0.1, 0.15) is 6.04 Å². The number of carboxylic acids is 1. The van der Waals surface area contributed by atoms with Crippen LogP contribution in [0.2, 0.25) is 0 Å². The van der Waals surface area contributed by atoms with Gasteiger partial charge in [-0.1, -0.05) is 13.3 Å². The molecule has 0 radical (unpaired) electrons. The molecule has 0 saturated heterocycles. The van der Waals surface area contributed by atoms with E-state index in [0.29, 0.717) is 19.3 Å². The maximum Gasteiger partial charge on any atom is 0.326 e. The fourth-order valence-electron chi connectivity index (χ4n) is 0.998. The Morgan fingerprint density at radius 2 is 2.21 bits per heavy atom. The molecule has 0 heterocycles. The van der Waals surface area contributed by atoms with E-state index in [4.69, 9.17) is 11.5 Å². The summed E-state index contributed by atoms with van der Waals surface area (Å²) in [6.45, 7) is 1.86. The minimum atomic E-state index is -0.999. The summed E-state index contributed by atoms with van der Waals surface area (Å²) in [5, 5.41) is 11.1. The standard InChI is InChI=1S/C10H15NO3/c1-3-5-7-9(12)11-8(6-4-2)10(13)14/h1,8H,4-7H2,2H3,(H,11,12)(H,13,14)/t8-/m0/s1. The van der Waals surface area contributed by atoms with Crippen molar-refractivity contribution in [1.82, 2.24) is 5.32 Å². The molecule has 0 aliphatic carbocycles. The second-order valence-electron chi connectivity index (χ2n) is 2.95. The number of hydrogen-bond acceptors (Lipinski definition) is 2. The van der Waals surface area contributed by atoms with Gasteiger partial charge in [-0.15, -0.1) is 12.3 Å². The molecule has 0 aliphatic rings. The number of carbonyl (C=O) groups excluding carboxylic acids is 1. The molecule has 0 aliphatic heterocycles. The van der Waals surface area contributed by atoms with Gasteiger partial charge in [0.05, 0.1) is 0 Å². The van der Waals surface area contributed by atoms with Crippen LogP contribution in [0, 0.1) is 12.3 Å². The van der Waals surface area contributed by atoms with Crippen molar-refractivity contribution < 1.29 is 14.7 Å². The van der Waals surface area contributed by atoms with Gasteiger partial charge < -0.3 is 10.4 Å². The van der Waals surface area contributed by atoms with Crippen LogP contribution in [-0.4, -0.2) is 23.0 Å². The Balaban J connectivity index is 3.97. The summed E-state index contributed by atoms with van der Waals surface area (Å²) in [5.74, 6) is 1.02. The first-order chi connectivity index (χ1) is 6.61. The van der Waals surface area contributed by atoms with Crippen LogP contribution in [-0.2, 0) is 9.59 Å². The van der Waals surface area contributed by atoms with E-state index >= 15 is 0 Å². The average Bonchev–Trinajstić information content (AvgIpc) is 2.14. The predicted molar refractivity (Wildman–Crippen MR) is 52.5 cm³/mol. The largest absolute Gasteiger partial charge is 0.480 e. The van der Waals surface area contributed by atoms with Crippen LogP contribution in [0.5, 0.6) is 0 Å². The minimum Gasteiger partial charge on any atom is -0.480 e. The van der Waals surface area contributed by atoms with E-state index in [1.54, 1.807) is 0 Å². The van der Waals surface area contributed by atoms with Gasteiger partial charge in [-0.2, -0.15) is 0 Å². The lowest BCUT2D eigenvalue weighted by Gasteiger charge is -2.12. The molecule has 2 N–H and O–H groups in total. The lowest BCUT2D eigenvalue weighted by atomic mass is 10.1. The number of carbonyl (C=O) groups is 2. The van der Waals surface area contributed by atoms with Gasteiger partial charge in [0.2, 0.25) is 5.91 Å². The lowest BCUT2D eigenvalue weighted by Crippen LogP contribution is -2.40. The monoisotopic (exact) mass is 197 g/mol. The molecule has 0 rings (SSSR count). The molecule has 0 saturated carbocycles. The summed E-state index contributed by atoms with van der Waals surface area (Å²) < 4.78 is 0. The number of carboxylic acid groups (broad SMARTS) is 1. The molecule has 0 unspecified atom stereocenters. The third-order valence-electron chi connectivity index (χ3n) is 1.71. The predicted octanol–water partition coefficient (Wildman–Crippen LogP) is 0.769. The fraction of sp³-hybridized carbons (Fsp3) is 0.600. The van der Waals surface area contributed by atoms with Crippen LogP contribution in [0.4, 0.5) is 0 Å². The number of rotatable bonds is 6. The van der Waals surface area contributed by atoms with E-state index in [1.165, 1.54) is 0 Å². The summed E-state index contributed by atoms with van der Waals surface area (Å²) in [4.78, 5) is 21.8. The van der Waals surface area contributed by atoms with Crippen molar-refractivity contribution in [1.29, 1.82) is 0 Å². The van der Waals surface area contributed by atoms with Gasteiger partial charge in [-0.25, -0.2) is 4.79 Å². The SMILES string of the molecule is C#CCCC(=O)N[C@@H](CCC)C(=O)O. The maximum atomic E-state index is 11.1. The van der Waals surface area contributed by atoms with Crippen LogP contribution in [0.1, 0.15) is 32.6 Å². The molecule has 0 aromatic rings. The highest BCUT2D eigenvalue weighted by Gasteiger charge is 2.17. The average molecular weight is 197 g/mol. The molecule has 78 valence electrons. The number of hydrogen-bond donors (Lipinski definition) is 2. The smallest absolute Gasteiger partial charge is 0.326 e. The Labute approximate surface area is 83.7 Å². The molecule has 0 aromatic heterocycles. The number of amides is 1. The zero-order chi connectivity index (χ0) is 11.0. The van der Waals surface area contributed by atoms with Crippen molar-refractivity contribution >= 4 is 11.9 Å². The molecule has 0 spiro atoms. The zero-order valence-corrected chi connectivity index (χ0v) is 8.25. The number of aliphatic carboxylic acids is 1. The van der Waals surface area contributed by atoms with E-state index < -0.39 is 12.0 Å². The third kappa shape index (κ3) is 5.20. The van der Waals surface area contributed by atoms with Crippen molar-refractivity contribution in [2.24, 2.45) is 0 Å². The van der Waals surface area contributed by atoms with Gasteiger partial charge in [0, 0.05) is 12.8 Å². The van der Waals surface area contributed by atoms with Crippen molar-refractivity contribution in [3.05, 3.63) is 0 Å². The Hall–Kier alpha value is -1.50. The van der Waals surface area contributed by atoms with Crippen LogP contribution in [0.25, 0.3) is 0 Å². The maximum absolute atomic E-state index is 11.1. The van der Waals surface area contributed by atoms with E-state index in [0.717, 1.165) is 0 Å². The van der Waals surface area contributed by atoms with Crippen LogP contribution < -0.4 is 5.32 Å². The number of terminal acetylenes is 1. The molecule has 0 bridgehead atoms. The molecular formula is C10H15NO3. The zero-order valence-electron chi connectivity index (χ0n) is 8.25. The molecule has 4 nitrogen and oxygen atoms in total. The third-order valence-corrected chi connectivity index (χ3v) is 1.71. The first-order valence-electron chi connectivity index (χ1n) is 4.57. The fourth-order valence-corrected chi connectivity index (χ4v) is 0.998. The Kier molecular flexibility index (Phi) is 6.21. The van der Waals surface area contributed by atoms with Crippen LogP contribution in [0.3, 0.4) is 0 Å². The quantitative estimate of drug-likeness (QED) is 0.618. The summed E-state index contributed by atoms with van der Waals surface area (Å²) in [5.41, 5.74) is 0. The van der Waals surface area contributed by atoms with Gasteiger partial charge in [-0.3, -0.25) is 4.79 Å². The lowest BCUT2D eigenvalue weighted by molar-refractivity contribution is -0.142.